The average molecular weight is 401 g/mol. The third kappa shape index (κ3) is 4.38. The highest BCUT2D eigenvalue weighted by Crippen LogP contribution is 2.32. The Labute approximate surface area is 182 Å². The number of aryl methyl sites for hydroxylation is 4. The first-order chi connectivity index (χ1) is 14.9. The molecule has 0 saturated carbocycles. The van der Waals surface area contributed by atoms with Gasteiger partial charge in [0.25, 0.3) is 0 Å². The lowest BCUT2D eigenvalue weighted by Gasteiger charge is -2.18. The van der Waals surface area contributed by atoms with E-state index >= 15 is 0 Å². The van der Waals surface area contributed by atoms with Crippen molar-refractivity contribution >= 4 is 0 Å². The van der Waals surface area contributed by atoms with Crippen LogP contribution < -0.4 is 0 Å². The van der Waals surface area contributed by atoms with Gasteiger partial charge in [0, 0.05) is 11.4 Å². The van der Waals surface area contributed by atoms with Crippen molar-refractivity contribution in [2.24, 2.45) is 0 Å². The predicted molar refractivity (Wildman–Crippen MR) is 125 cm³/mol. The normalized spacial score (nSPS) is 20.8. The fraction of sp³-hybridized carbons (Fsp3) is 0.571. The van der Waals surface area contributed by atoms with Gasteiger partial charge in [-0.25, -0.2) is 0 Å². The maximum atomic E-state index is 5.27. The summed E-state index contributed by atoms with van der Waals surface area (Å²) in [5.41, 5.74) is 11.3. The largest absolute Gasteiger partial charge is 0.251 e. The molecule has 3 aliphatic rings. The SMILES string of the molecule is C1=C\CCCc2nc(cc3c2CCCCC3)-c2cc3c(c(n2)CCC/1)CCCCC3. The molecule has 0 aromatic carbocycles. The molecule has 0 fully saturated rings. The molecule has 2 heteroatoms. The molecule has 30 heavy (non-hydrogen) atoms. The van der Waals surface area contributed by atoms with E-state index in [4.69, 9.17) is 9.97 Å². The Hall–Kier alpha value is -1.96. The molecule has 0 atom stereocenters. The van der Waals surface area contributed by atoms with Gasteiger partial charge in [0.15, 0.2) is 0 Å². The van der Waals surface area contributed by atoms with Crippen LogP contribution in [-0.4, -0.2) is 9.97 Å². The van der Waals surface area contributed by atoms with Gasteiger partial charge in [-0.1, -0.05) is 25.0 Å². The monoisotopic (exact) mass is 400 g/mol. The summed E-state index contributed by atoms with van der Waals surface area (Å²) >= 11 is 0. The van der Waals surface area contributed by atoms with Crippen molar-refractivity contribution in [3.05, 3.63) is 57.9 Å². The van der Waals surface area contributed by atoms with E-state index in [1.807, 2.05) is 0 Å². The summed E-state index contributed by atoms with van der Waals surface area (Å²) in [6, 6.07) is 4.82. The fourth-order valence-corrected chi connectivity index (χ4v) is 5.70. The van der Waals surface area contributed by atoms with Gasteiger partial charge in [0.1, 0.15) is 0 Å². The van der Waals surface area contributed by atoms with Crippen LogP contribution in [0.3, 0.4) is 0 Å². The van der Waals surface area contributed by atoms with E-state index in [1.165, 1.54) is 101 Å². The molecule has 0 N–H and O–H groups in total. The van der Waals surface area contributed by atoms with Gasteiger partial charge < -0.3 is 0 Å². The lowest BCUT2D eigenvalue weighted by atomic mass is 9.94. The van der Waals surface area contributed by atoms with Crippen LogP contribution in [0.15, 0.2) is 24.3 Å². The van der Waals surface area contributed by atoms with Gasteiger partial charge in [-0.3, -0.25) is 9.97 Å². The molecule has 2 aliphatic carbocycles. The number of nitrogens with zero attached hydrogens (tertiary/aromatic N) is 2. The van der Waals surface area contributed by atoms with Crippen LogP contribution in [0, 0.1) is 0 Å². The molecule has 4 bridgehead atoms. The smallest absolute Gasteiger partial charge is 0.0892 e. The van der Waals surface area contributed by atoms with E-state index < -0.39 is 0 Å². The minimum Gasteiger partial charge on any atom is -0.251 e. The number of pyridine rings is 2. The second kappa shape index (κ2) is 9.45. The molecule has 2 aromatic heterocycles. The topological polar surface area (TPSA) is 25.8 Å². The Morgan fingerprint density at radius 1 is 0.467 bits per heavy atom. The number of fused-ring (bicyclic) bond motifs is 9. The van der Waals surface area contributed by atoms with E-state index in [-0.39, 0.29) is 0 Å². The summed E-state index contributed by atoms with van der Waals surface area (Å²) in [4.78, 5) is 10.5. The summed E-state index contributed by atoms with van der Waals surface area (Å²) in [6.45, 7) is 0. The van der Waals surface area contributed by atoms with Crippen molar-refractivity contribution < 1.29 is 0 Å². The second-order valence-corrected chi connectivity index (χ2v) is 9.56. The van der Waals surface area contributed by atoms with E-state index in [2.05, 4.69) is 24.3 Å². The first kappa shape index (κ1) is 20.0. The number of aromatic nitrogens is 2. The quantitative estimate of drug-likeness (QED) is 0.355. The van der Waals surface area contributed by atoms with E-state index in [0.29, 0.717) is 0 Å². The molecule has 0 unspecified atom stereocenters. The Kier molecular flexibility index (Phi) is 6.29. The molecular formula is C28H36N2. The minimum absolute atomic E-state index is 1.11. The first-order valence-electron chi connectivity index (χ1n) is 12.6. The molecule has 2 aromatic rings. The van der Waals surface area contributed by atoms with Gasteiger partial charge in [-0.05, 0) is 124 Å². The molecule has 0 saturated heterocycles. The van der Waals surface area contributed by atoms with Crippen molar-refractivity contribution in [3.8, 4) is 11.4 Å². The Bertz CT molecular complexity index is 849. The van der Waals surface area contributed by atoms with Crippen molar-refractivity contribution in [2.45, 2.75) is 103 Å². The number of hydrogen-bond acceptors (Lipinski definition) is 2. The standard InChI is InChI=1S/C28H36N2/c1-2-4-12-18-26-24-16-10-6-8-14-22(24)20-28(30-26)27-19-21-13-7-5-9-15-23(21)25(29-27)17-11-3-1/h1-2,19-20H,3-18H2/b2-1-. The minimum atomic E-state index is 1.11. The highest BCUT2D eigenvalue weighted by atomic mass is 14.8. The highest BCUT2D eigenvalue weighted by Gasteiger charge is 2.20. The van der Waals surface area contributed by atoms with Gasteiger partial charge in [0.2, 0.25) is 0 Å². The summed E-state index contributed by atoms with van der Waals surface area (Å²) in [7, 11) is 0. The molecule has 0 radical (unpaired) electrons. The van der Waals surface area contributed by atoms with Crippen molar-refractivity contribution in [3.63, 3.8) is 0 Å². The van der Waals surface area contributed by atoms with Gasteiger partial charge in [-0.15, -0.1) is 0 Å². The number of allylic oxidation sites excluding steroid dienone is 2. The second-order valence-electron chi connectivity index (χ2n) is 9.56. The maximum absolute atomic E-state index is 5.27. The van der Waals surface area contributed by atoms with E-state index in [0.717, 1.165) is 24.2 Å². The molecule has 5 rings (SSSR count). The van der Waals surface area contributed by atoms with Gasteiger partial charge >= 0.3 is 0 Å². The molecule has 1 aliphatic heterocycles. The maximum Gasteiger partial charge on any atom is 0.0892 e. The summed E-state index contributed by atoms with van der Waals surface area (Å²) < 4.78 is 0. The summed E-state index contributed by atoms with van der Waals surface area (Å²) in [5.74, 6) is 0. The van der Waals surface area contributed by atoms with Crippen LogP contribution in [0.25, 0.3) is 11.4 Å². The Balaban J connectivity index is 1.64. The Morgan fingerprint density at radius 2 is 0.933 bits per heavy atom. The van der Waals surface area contributed by atoms with Crippen LogP contribution in [0.1, 0.15) is 97.8 Å². The van der Waals surface area contributed by atoms with Crippen molar-refractivity contribution in [1.82, 2.24) is 9.97 Å². The van der Waals surface area contributed by atoms with E-state index in [9.17, 15) is 0 Å². The van der Waals surface area contributed by atoms with Gasteiger partial charge in [-0.2, -0.15) is 0 Å². The zero-order valence-electron chi connectivity index (χ0n) is 18.5. The Morgan fingerprint density at radius 3 is 1.43 bits per heavy atom. The summed E-state index contributed by atoms with van der Waals surface area (Å²) in [6.07, 6.45) is 24.7. The molecule has 158 valence electrons. The molecule has 0 spiro atoms. The number of rotatable bonds is 0. The zero-order chi connectivity index (χ0) is 20.2. The molecule has 2 nitrogen and oxygen atoms in total. The van der Waals surface area contributed by atoms with Crippen LogP contribution in [0.4, 0.5) is 0 Å². The number of hydrogen-bond donors (Lipinski definition) is 0. The van der Waals surface area contributed by atoms with Crippen molar-refractivity contribution in [1.29, 1.82) is 0 Å². The van der Waals surface area contributed by atoms with Crippen LogP contribution in [0.5, 0.6) is 0 Å². The van der Waals surface area contributed by atoms with Crippen molar-refractivity contribution in [2.75, 3.05) is 0 Å². The van der Waals surface area contributed by atoms with E-state index in [1.54, 1.807) is 22.3 Å². The predicted octanol–water partition coefficient (Wildman–Crippen LogP) is 6.90. The highest BCUT2D eigenvalue weighted by molar-refractivity contribution is 5.60. The third-order valence-electron chi connectivity index (χ3n) is 7.35. The van der Waals surface area contributed by atoms with Crippen LogP contribution >= 0.6 is 0 Å². The van der Waals surface area contributed by atoms with Crippen LogP contribution in [-0.2, 0) is 38.5 Å². The van der Waals surface area contributed by atoms with Gasteiger partial charge in [0.05, 0.1) is 11.4 Å². The molecular weight excluding hydrogens is 364 g/mol. The zero-order valence-corrected chi connectivity index (χ0v) is 18.5. The lowest BCUT2D eigenvalue weighted by Crippen LogP contribution is -2.08. The van der Waals surface area contributed by atoms with Crippen LogP contribution in [0.2, 0.25) is 0 Å². The summed E-state index contributed by atoms with van der Waals surface area (Å²) in [5, 5.41) is 0. The fourth-order valence-electron chi connectivity index (χ4n) is 5.70. The molecule has 3 heterocycles. The molecule has 0 amide bonds. The average Bonchev–Trinajstić information content (AvgIpc) is 3.15. The first-order valence-corrected chi connectivity index (χ1v) is 12.6. The lowest BCUT2D eigenvalue weighted by molar-refractivity contribution is 0.707. The third-order valence-corrected chi connectivity index (χ3v) is 7.35.